The van der Waals surface area contributed by atoms with E-state index >= 15 is 0 Å². The number of nitrogens with zero attached hydrogens (tertiary/aromatic N) is 2. The van der Waals surface area contributed by atoms with E-state index in [-0.39, 0.29) is 0 Å². The molecule has 0 radical (unpaired) electrons. The van der Waals surface area contributed by atoms with Gasteiger partial charge >= 0.3 is 0 Å². The van der Waals surface area contributed by atoms with Crippen LogP contribution in [0.3, 0.4) is 0 Å². The van der Waals surface area contributed by atoms with Crippen molar-refractivity contribution in [2.75, 3.05) is 13.7 Å². The third-order valence-electron chi connectivity index (χ3n) is 4.45. The van der Waals surface area contributed by atoms with Gasteiger partial charge in [-0.25, -0.2) is 9.97 Å². The molecule has 1 aliphatic rings. The van der Waals surface area contributed by atoms with Gasteiger partial charge in [0.25, 0.3) is 0 Å². The molecule has 1 aliphatic carbocycles. The number of hydrogen-bond donors (Lipinski definition) is 1. The molecule has 118 valence electrons. The molecule has 0 saturated heterocycles. The van der Waals surface area contributed by atoms with Crippen LogP contribution in [0.2, 0.25) is 0 Å². The van der Waals surface area contributed by atoms with Crippen LogP contribution in [0.4, 0.5) is 0 Å². The predicted molar refractivity (Wildman–Crippen MR) is 85.5 cm³/mol. The number of ether oxygens (including phenoxy) is 1. The van der Waals surface area contributed by atoms with Crippen LogP contribution < -0.4 is 5.32 Å². The van der Waals surface area contributed by atoms with E-state index in [1.54, 1.807) is 7.11 Å². The zero-order valence-electron chi connectivity index (χ0n) is 14.3. The van der Waals surface area contributed by atoms with E-state index in [4.69, 9.17) is 14.7 Å². The summed E-state index contributed by atoms with van der Waals surface area (Å²) < 4.78 is 5.52. The molecule has 4 heteroatoms. The van der Waals surface area contributed by atoms with Crippen molar-refractivity contribution in [3.8, 4) is 0 Å². The highest BCUT2D eigenvalue weighted by Crippen LogP contribution is 2.29. The van der Waals surface area contributed by atoms with E-state index in [0.717, 1.165) is 30.9 Å². The normalized spacial score (nSPS) is 18.9. The lowest BCUT2D eigenvalue weighted by molar-refractivity contribution is 0.0110. The van der Waals surface area contributed by atoms with Crippen molar-refractivity contribution in [3.05, 3.63) is 22.8 Å². The van der Waals surface area contributed by atoms with Gasteiger partial charge in [0.2, 0.25) is 0 Å². The second kappa shape index (κ2) is 6.41. The fourth-order valence-electron chi connectivity index (χ4n) is 2.80. The van der Waals surface area contributed by atoms with E-state index in [2.05, 4.69) is 26.1 Å². The molecule has 1 aromatic rings. The van der Waals surface area contributed by atoms with Crippen LogP contribution >= 0.6 is 0 Å². The lowest BCUT2D eigenvalue weighted by atomic mass is 9.85. The van der Waals surface area contributed by atoms with Gasteiger partial charge < -0.3 is 10.1 Å². The smallest absolute Gasteiger partial charge is 0.160 e. The summed E-state index contributed by atoms with van der Waals surface area (Å²) in [6.45, 7) is 11.6. The van der Waals surface area contributed by atoms with Crippen molar-refractivity contribution in [1.82, 2.24) is 15.3 Å². The van der Waals surface area contributed by atoms with Crippen LogP contribution in [-0.2, 0) is 23.2 Å². The minimum absolute atomic E-state index is 0.421. The maximum Gasteiger partial charge on any atom is 0.160 e. The first-order valence-electron chi connectivity index (χ1n) is 7.99. The minimum atomic E-state index is -0.421. The first-order chi connectivity index (χ1) is 9.83. The monoisotopic (exact) mass is 291 g/mol. The summed E-state index contributed by atoms with van der Waals surface area (Å²) in [6, 6.07) is 0.550. The Bertz CT molecular complexity index is 497. The molecule has 0 aliphatic heterocycles. The fourth-order valence-corrected chi connectivity index (χ4v) is 2.80. The van der Waals surface area contributed by atoms with Crippen molar-refractivity contribution in [3.63, 3.8) is 0 Å². The zero-order chi connectivity index (χ0) is 15.6. The molecule has 21 heavy (non-hydrogen) atoms. The Balaban J connectivity index is 2.19. The Labute approximate surface area is 128 Å². The highest BCUT2D eigenvalue weighted by atomic mass is 16.5. The van der Waals surface area contributed by atoms with Gasteiger partial charge in [-0.3, -0.25) is 0 Å². The second-order valence-electron chi connectivity index (χ2n) is 6.94. The summed E-state index contributed by atoms with van der Waals surface area (Å²) in [5.41, 5.74) is 3.28. The van der Waals surface area contributed by atoms with Crippen LogP contribution in [-0.4, -0.2) is 29.7 Å². The molecular weight excluding hydrogens is 262 g/mol. The first kappa shape index (κ1) is 16.4. The van der Waals surface area contributed by atoms with Crippen LogP contribution in [0.5, 0.6) is 0 Å². The molecule has 1 N–H and O–H groups in total. The molecular formula is C17H29N3O. The van der Waals surface area contributed by atoms with E-state index in [1.807, 2.05) is 13.8 Å². The lowest BCUT2D eigenvalue weighted by Gasteiger charge is -2.28. The SMILES string of the molecule is COC(C)(C)c1nc(C)c2c(n1)CCC(CNC(C)C)C2. The number of aryl methyl sites for hydroxylation is 2. The van der Waals surface area contributed by atoms with E-state index in [9.17, 15) is 0 Å². The molecule has 2 rings (SSSR count). The number of methoxy groups -OCH3 is 1. The molecule has 0 spiro atoms. The van der Waals surface area contributed by atoms with Crippen LogP contribution in [0, 0.1) is 12.8 Å². The number of aromatic nitrogens is 2. The van der Waals surface area contributed by atoms with E-state index in [1.165, 1.54) is 17.7 Å². The third kappa shape index (κ3) is 3.80. The van der Waals surface area contributed by atoms with E-state index in [0.29, 0.717) is 12.0 Å². The molecule has 1 atom stereocenters. The van der Waals surface area contributed by atoms with Crippen LogP contribution in [0.15, 0.2) is 0 Å². The average Bonchev–Trinajstić information content (AvgIpc) is 2.45. The molecule has 0 saturated carbocycles. The van der Waals surface area contributed by atoms with Crippen LogP contribution in [0.1, 0.15) is 56.9 Å². The zero-order valence-corrected chi connectivity index (χ0v) is 14.3. The standard InChI is InChI=1S/C17H29N3O/c1-11(2)18-10-13-7-8-15-14(9-13)12(3)19-16(20-15)17(4,5)21-6/h11,13,18H,7-10H2,1-6H3. The highest BCUT2D eigenvalue weighted by molar-refractivity contribution is 5.29. The van der Waals surface area contributed by atoms with Gasteiger partial charge in [-0.05, 0) is 58.1 Å². The summed E-state index contributed by atoms with van der Waals surface area (Å²) >= 11 is 0. The lowest BCUT2D eigenvalue weighted by Crippen LogP contribution is -2.33. The summed E-state index contributed by atoms with van der Waals surface area (Å²) in [7, 11) is 1.71. The van der Waals surface area contributed by atoms with Gasteiger partial charge in [0.1, 0.15) is 5.60 Å². The first-order valence-corrected chi connectivity index (χ1v) is 7.99. The topological polar surface area (TPSA) is 47.0 Å². The van der Waals surface area contributed by atoms with Crippen molar-refractivity contribution in [2.45, 2.75) is 65.5 Å². The molecule has 0 amide bonds. The Kier molecular flexibility index (Phi) is 4.99. The van der Waals surface area contributed by atoms with Gasteiger partial charge in [0.15, 0.2) is 5.82 Å². The number of nitrogens with one attached hydrogen (secondary N) is 1. The predicted octanol–water partition coefficient (Wildman–Crippen LogP) is 2.77. The Morgan fingerprint density at radius 2 is 2.05 bits per heavy atom. The summed E-state index contributed by atoms with van der Waals surface area (Å²) in [4.78, 5) is 9.49. The molecule has 0 fully saturated rings. The molecule has 0 bridgehead atoms. The van der Waals surface area contributed by atoms with E-state index < -0.39 is 5.60 Å². The van der Waals surface area contributed by atoms with Gasteiger partial charge in [-0.2, -0.15) is 0 Å². The van der Waals surface area contributed by atoms with Crippen molar-refractivity contribution in [2.24, 2.45) is 5.92 Å². The summed E-state index contributed by atoms with van der Waals surface area (Å²) in [5.74, 6) is 1.50. The maximum absolute atomic E-state index is 5.52. The minimum Gasteiger partial charge on any atom is -0.371 e. The Morgan fingerprint density at radius 1 is 1.33 bits per heavy atom. The molecule has 1 unspecified atom stereocenters. The van der Waals surface area contributed by atoms with Crippen LogP contribution in [0.25, 0.3) is 0 Å². The molecule has 1 aromatic heterocycles. The largest absolute Gasteiger partial charge is 0.371 e. The van der Waals surface area contributed by atoms with Gasteiger partial charge in [-0.15, -0.1) is 0 Å². The van der Waals surface area contributed by atoms with Crippen molar-refractivity contribution < 1.29 is 4.74 Å². The van der Waals surface area contributed by atoms with Crippen molar-refractivity contribution >= 4 is 0 Å². The Hall–Kier alpha value is -1.00. The number of rotatable bonds is 5. The maximum atomic E-state index is 5.52. The fraction of sp³-hybridized carbons (Fsp3) is 0.765. The number of hydrogen-bond acceptors (Lipinski definition) is 4. The second-order valence-corrected chi connectivity index (χ2v) is 6.94. The quantitative estimate of drug-likeness (QED) is 0.906. The average molecular weight is 291 g/mol. The molecule has 1 heterocycles. The van der Waals surface area contributed by atoms with Crippen molar-refractivity contribution in [1.29, 1.82) is 0 Å². The van der Waals surface area contributed by atoms with Gasteiger partial charge in [0.05, 0.1) is 0 Å². The number of fused-ring (bicyclic) bond motifs is 1. The molecule has 0 aromatic carbocycles. The van der Waals surface area contributed by atoms with Gasteiger partial charge in [0, 0.05) is 24.5 Å². The Morgan fingerprint density at radius 3 is 2.67 bits per heavy atom. The third-order valence-corrected chi connectivity index (χ3v) is 4.45. The molecule has 4 nitrogen and oxygen atoms in total. The summed E-state index contributed by atoms with van der Waals surface area (Å²) in [5, 5.41) is 3.55. The summed E-state index contributed by atoms with van der Waals surface area (Å²) in [6.07, 6.45) is 3.35. The highest BCUT2D eigenvalue weighted by Gasteiger charge is 2.28. The van der Waals surface area contributed by atoms with Gasteiger partial charge in [-0.1, -0.05) is 13.8 Å².